The van der Waals surface area contributed by atoms with E-state index >= 15 is 0 Å². The molecule has 0 aromatic heterocycles. The van der Waals surface area contributed by atoms with Gasteiger partial charge >= 0.3 is 11.8 Å². The summed E-state index contributed by atoms with van der Waals surface area (Å²) in [5, 5.41) is 2.45. The zero-order chi connectivity index (χ0) is 8.85. The van der Waals surface area contributed by atoms with E-state index in [-0.39, 0.29) is 6.04 Å². The molecule has 5 nitrogen and oxygen atoms in total. The summed E-state index contributed by atoms with van der Waals surface area (Å²) in [6.07, 6.45) is 0.781. The fourth-order valence-corrected chi connectivity index (χ4v) is 0.457. The Bertz CT molecular complexity index is 158. The van der Waals surface area contributed by atoms with Gasteiger partial charge in [0.1, 0.15) is 0 Å². The number of hydrazine groups is 1. The largest absolute Gasteiger partial charge is 0.345 e. The fourth-order valence-electron chi connectivity index (χ4n) is 0.457. The number of nitrogens with two attached hydrogens (primary N) is 1. The Morgan fingerprint density at radius 3 is 2.36 bits per heavy atom. The summed E-state index contributed by atoms with van der Waals surface area (Å²) in [6, 6.07) is -0.000185. The van der Waals surface area contributed by atoms with Gasteiger partial charge in [-0.3, -0.25) is 15.0 Å². The summed E-state index contributed by atoms with van der Waals surface area (Å²) in [4.78, 5) is 21.3. The van der Waals surface area contributed by atoms with Crippen molar-refractivity contribution >= 4 is 11.8 Å². The minimum Gasteiger partial charge on any atom is -0.345 e. The van der Waals surface area contributed by atoms with Crippen LogP contribution in [0.25, 0.3) is 0 Å². The van der Waals surface area contributed by atoms with Crippen molar-refractivity contribution in [2.24, 2.45) is 5.84 Å². The van der Waals surface area contributed by atoms with Crippen molar-refractivity contribution in [1.29, 1.82) is 0 Å². The normalized spacial score (nSPS) is 11.9. The molecule has 0 heterocycles. The summed E-state index contributed by atoms with van der Waals surface area (Å²) in [5.74, 6) is 3.22. The molecule has 0 fully saturated rings. The summed E-state index contributed by atoms with van der Waals surface area (Å²) in [5.41, 5.74) is 1.74. The van der Waals surface area contributed by atoms with Crippen LogP contribution in [-0.4, -0.2) is 17.9 Å². The van der Waals surface area contributed by atoms with E-state index in [2.05, 4.69) is 5.32 Å². The van der Waals surface area contributed by atoms with Gasteiger partial charge in [0.2, 0.25) is 0 Å². The van der Waals surface area contributed by atoms with E-state index in [1.165, 1.54) is 0 Å². The quantitative estimate of drug-likeness (QED) is 0.207. The van der Waals surface area contributed by atoms with Crippen LogP contribution in [0, 0.1) is 0 Å². The average molecular weight is 159 g/mol. The summed E-state index contributed by atoms with van der Waals surface area (Å²) >= 11 is 0. The Kier molecular flexibility index (Phi) is 4.21. The topological polar surface area (TPSA) is 84.2 Å². The lowest BCUT2D eigenvalue weighted by atomic mass is 10.2. The van der Waals surface area contributed by atoms with Crippen molar-refractivity contribution < 1.29 is 9.59 Å². The van der Waals surface area contributed by atoms with Crippen LogP contribution in [0.4, 0.5) is 0 Å². The molecule has 0 saturated heterocycles. The minimum absolute atomic E-state index is 0.000185. The van der Waals surface area contributed by atoms with Crippen molar-refractivity contribution in [3.63, 3.8) is 0 Å². The highest BCUT2D eigenvalue weighted by Gasteiger charge is 2.12. The van der Waals surface area contributed by atoms with E-state index in [1.807, 2.05) is 13.8 Å². The zero-order valence-electron chi connectivity index (χ0n) is 6.68. The molecule has 0 unspecified atom stereocenters. The number of carbonyl (C=O) groups is 2. The number of amides is 2. The van der Waals surface area contributed by atoms with Crippen LogP contribution in [-0.2, 0) is 9.59 Å². The van der Waals surface area contributed by atoms with E-state index in [4.69, 9.17) is 5.84 Å². The smallest absolute Gasteiger partial charge is 0.323 e. The van der Waals surface area contributed by atoms with Gasteiger partial charge in [0, 0.05) is 6.04 Å². The molecule has 0 bridgehead atoms. The predicted molar refractivity (Wildman–Crippen MR) is 40.2 cm³/mol. The van der Waals surface area contributed by atoms with Crippen LogP contribution < -0.4 is 16.6 Å². The second-order valence-electron chi connectivity index (χ2n) is 2.26. The third-order valence-electron chi connectivity index (χ3n) is 1.33. The molecule has 0 spiro atoms. The zero-order valence-corrected chi connectivity index (χ0v) is 6.68. The maximum atomic E-state index is 10.7. The van der Waals surface area contributed by atoms with Gasteiger partial charge in [0.25, 0.3) is 0 Å². The van der Waals surface area contributed by atoms with Crippen LogP contribution in [0.15, 0.2) is 0 Å². The lowest BCUT2D eigenvalue weighted by molar-refractivity contribution is -0.139. The van der Waals surface area contributed by atoms with Gasteiger partial charge in [-0.25, -0.2) is 5.84 Å². The molecule has 0 aromatic carbocycles. The monoisotopic (exact) mass is 159 g/mol. The first-order valence-electron chi connectivity index (χ1n) is 3.43. The Hall–Kier alpha value is -1.10. The molecule has 0 rings (SSSR count). The minimum atomic E-state index is -0.815. The molecule has 2 amide bonds. The highest BCUT2D eigenvalue weighted by atomic mass is 16.2. The number of carbonyl (C=O) groups excluding carboxylic acids is 2. The summed E-state index contributed by atoms with van der Waals surface area (Å²) in [7, 11) is 0. The van der Waals surface area contributed by atoms with Crippen molar-refractivity contribution in [3.05, 3.63) is 0 Å². The van der Waals surface area contributed by atoms with Crippen molar-refractivity contribution in [2.45, 2.75) is 26.3 Å². The SMILES string of the molecule is CC[C@@H](C)NC(=O)C(=O)NN. The second kappa shape index (κ2) is 4.68. The first-order chi connectivity index (χ1) is 5.11. The fraction of sp³-hybridized carbons (Fsp3) is 0.667. The van der Waals surface area contributed by atoms with Gasteiger partial charge < -0.3 is 5.32 Å². The third-order valence-corrected chi connectivity index (χ3v) is 1.33. The molecular formula is C6H13N3O2. The molecule has 0 saturated carbocycles. The number of rotatable bonds is 2. The van der Waals surface area contributed by atoms with Crippen LogP contribution in [0.1, 0.15) is 20.3 Å². The molecule has 5 heteroatoms. The summed E-state index contributed by atoms with van der Waals surface area (Å²) < 4.78 is 0. The molecule has 64 valence electrons. The van der Waals surface area contributed by atoms with Gasteiger partial charge in [-0.15, -0.1) is 0 Å². The number of hydrogen-bond acceptors (Lipinski definition) is 3. The van der Waals surface area contributed by atoms with E-state index in [9.17, 15) is 9.59 Å². The molecule has 0 aliphatic heterocycles. The molecule has 0 aromatic rings. The lowest BCUT2D eigenvalue weighted by Crippen LogP contribution is -2.45. The molecule has 1 atom stereocenters. The van der Waals surface area contributed by atoms with Gasteiger partial charge in [0.15, 0.2) is 0 Å². The summed E-state index contributed by atoms with van der Waals surface area (Å²) in [6.45, 7) is 3.72. The van der Waals surface area contributed by atoms with E-state index in [0.29, 0.717) is 0 Å². The first-order valence-corrected chi connectivity index (χ1v) is 3.43. The van der Waals surface area contributed by atoms with Crippen molar-refractivity contribution in [3.8, 4) is 0 Å². The van der Waals surface area contributed by atoms with Gasteiger partial charge in [-0.05, 0) is 13.3 Å². The molecule has 4 N–H and O–H groups in total. The number of hydrogen-bond donors (Lipinski definition) is 3. The Balaban J connectivity index is 3.77. The van der Waals surface area contributed by atoms with Gasteiger partial charge in [0.05, 0.1) is 0 Å². The van der Waals surface area contributed by atoms with Crippen molar-refractivity contribution in [1.82, 2.24) is 10.7 Å². The standard InChI is InChI=1S/C6H13N3O2/c1-3-4(2)8-5(10)6(11)9-7/h4H,3,7H2,1-2H3,(H,8,10)(H,9,11)/t4-/m1/s1. The Labute approximate surface area is 65.3 Å². The predicted octanol–water partition coefficient (Wildman–Crippen LogP) is -1.11. The van der Waals surface area contributed by atoms with Crippen molar-refractivity contribution in [2.75, 3.05) is 0 Å². The van der Waals surface area contributed by atoms with Crippen LogP contribution in [0.3, 0.4) is 0 Å². The maximum Gasteiger partial charge on any atom is 0.323 e. The van der Waals surface area contributed by atoms with Crippen LogP contribution in [0.5, 0.6) is 0 Å². The van der Waals surface area contributed by atoms with Gasteiger partial charge in [-0.2, -0.15) is 0 Å². The third kappa shape index (κ3) is 3.57. The highest BCUT2D eigenvalue weighted by Crippen LogP contribution is 1.86. The maximum absolute atomic E-state index is 10.7. The van der Waals surface area contributed by atoms with Crippen LogP contribution in [0.2, 0.25) is 0 Å². The highest BCUT2D eigenvalue weighted by molar-refractivity contribution is 6.34. The first kappa shape index (κ1) is 9.90. The average Bonchev–Trinajstić information content (AvgIpc) is 2.02. The molecule has 0 aliphatic carbocycles. The van der Waals surface area contributed by atoms with E-state index < -0.39 is 11.8 Å². The van der Waals surface area contributed by atoms with E-state index in [0.717, 1.165) is 6.42 Å². The Morgan fingerprint density at radius 1 is 1.45 bits per heavy atom. The molecule has 0 aliphatic rings. The van der Waals surface area contributed by atoms with E-state index in [1.54, 1.807) is 5.43 Å². The Morgan fingerprint density at radius 2 is 2.00 bits per heavy atom. The molecular weight excluding hydrogens is 146 g/mol. The number of nitrogens with one attached hydrogen (secondary N) is 2. The molecule has 11 heavy (non-hydrogen) atoms. The lowest BCUT2D eigenvalue weighted by Gasteiger charge is -2.09. The van der Waals surface area contributed by atoms with Crippen LogP contribution >= 0.6 is 0 Å². The molecule has 0 radical (unpaired) electrons. The second-order valence-corrected chi connectivity index (χ2v) is 2.26. The van der Waals surface area contributed by atoms with Gasteiger partial charge in [-0.1, -0.05) is 6.92 Å².